The second-order valence-electron chi connectivity index (χ2n) is 3.61. The number of halogens is 1. The molecule has 1 N–H and O–H groups in total. The van der Waals surface area contributed by atoms with Crippen LogP contribution in [0.2, 0.25) is 0 Å². The Bertz CT molecular complexity index is 407. The first kappa shape index (κ1) is 12.1. The average molecular weight is 347 g/mol. The lowest BCUT2D eigenvalue weighted by atomic mass is 10.4. The Kier molecular flexibility index (Phi) is 4.37. The van der Waals surface area contributed by atoms with E-state index >= 15 is 0 Å². The van der Waals surface area contributed by atoms with Crippen molar-refractivity contribution in [3.8, 4) is 0 Å². The molecule has 0 aliphatic heterocycles. The van der Waals surface area contributed by atoms with Gasteiger partial charge in [0.25, 0.3) is 0 Å². The van der Waals surface area contributed by atoms with Gasteiger partial charge in [-0.1, -0.05) is 0 Å². The van der Waals surface area contributed by atoms with Crippen LogP contribution in [0, 0.1) is 10.5 Å². The molecule has 0 radical (unpaired) electrons. The molecule has 5 heteroatoms. The van der Waals surface area contributed by atoms with E-state index in [-0.39, 0.29) is 0 Å². The third-order valence-electron chi connectivity index (χ3n) is 2.21. The number of aryl methyl sites for hydroxylation is 1. The largest absolute Gasteiger partial charge is 0.310 e. The molecule has 0 saturated carbocycles. The van der Waals surface area contributed by atoms with Gasteiger partial charge < -0.3 is 5.32 Å². The molecule has 0 aliphatic carbocycles. The van der Waals surface area contributed by atoms with Crippen LogP contribution < -0.4 is 5.32 Å². The predicted octanol–water partition coefficient (Wildman–Crippen LogP) is 2.65. The van der Waals surface area contributed by atoms with E-state index in [0.29, 0.717) is 0 Å². The van der Waals surface area contributed by atoms with Crippen LogP contribution >= 0.6 is 33.9 Å². The Morgan fingerprint density at radius 2 is 2.38 bits per heavy atom. The van der Waals surface area contributed by atoms with Gasteiger partial charge >= 0.3 is 0 Å². The third-order valence-corrected chi connectivity index (χ3v) is 3.77. The summed E-state index contributed by atoms with van der Waals surface area (Å²) in [6, 6.07) is 4.35. The fraction of sp³-hybridized carbons (Fsp3) is 0.364. The van der Waals surface area contributed by atoms with Crippen molar-refractivity contribution in [1.82, 2.24) is 15.1 Å². The summed E-state index contributed by atoms with van der Waals surface area (Å²) < 4.78 is 3.15. The monoisotopic (exact) mass is 347 g/mol. The Morgan fingerprint density at radius 3 is 3.00 bits per heavy atom. The average Bonchev–Trinajstić information content (AvgIpc) is 2.83. The van der Waals surface area contributed by atoms with E-state index in [4.69, 9.17) is 0 Å². The highest BCUT2D eigenvalue weighted by Gasteiger charge is 1.97. The SMILES string of the molecule is Cc1ccc(CNCCn2cc(I)cn2)s1. The summed E-state index contributed by atoms with van der Waals surface area (Å²) in [5.41, 5.74) is 0. The van der Waals surface area contributed by atoms with E-state index in [9.17, 15) is 0 Å². The number of rotatable bonds is 5. The molecule has 86 valence electrons. The Balaban J connectivity index is 1.69. The van der Waals surface area contributed by atoms with Crippen molar-refractivity contribution in [3.05, 3.63) is 37.9 Å². The normalized spacial score (nSPS) is 10.9. The molecule has 2 aromatic heterocycles. The van der Waals surface area contributed by atoms with Crippen LogP contribution in [0.1, 0.15) is 9.75 Å². The third kappa shape index (κ3) is 3.57. The predicted molar refractivity (Wildman–Crippen MR) is 75.7 cm³/mol. The fourth-order valence-corrected chi connectivity index (χ4v) is 2.75. The van der Waals surface area contributed by atoms with Crippen molar-refractivity contribution in [1.29, 1.82) is 0 Å². The second kappa shape index (κ2) is 5.79. The van der Waals surface area contributed by atoms with Gasteiger partial charge in [-0.15, -0.1) is 11.3 Å². The van der Waals surface area contributed by atoms with Crippen LogP contribution in [0.4, 0.5) is 0 Å². The zero-order chi connectivity index (χ0) is 11.4. The zero-order valence-corrected chi connectivity index (χ0v) is 12.1. The first-order valence-electron chi connectivity index (χ1n) is 5.18. The van der Waals surface area contributed by atoms with Gasteiger partial charge in [-0.3, -0.25) is 4.68 Å². The molecule has 0 unspecified atom stereocenters. The quantitative estimate of drug-likeness (QED) is 0.666. The molecule has 0 aliphatic rings. The second-order valence-corrected chi connectivity index (χ2v) is 6.23. The van der Waals surface area contributed by atoms with Gasteiger partial charge in [0.05, 0.1) is 16.3 Å². The van der Waals surface area contributed by atoms with Crippen molar-refractivity contribution in [2.24, 2.45) is 0 Å². The summed E-state index contributed by atoms with van der Waals surface area (Å²) in [5, 5.41) is 7.66. The number of nitrogens with one attached hydrogen (secondary N) is 1. The Hall–Kier alpha value is -0.400. The summed E-state index contributed by atoms with van der Waals surface area (Å²) in [5.74, 6) is 0. The molecule has 0 amide bonds. The zero-order valence-electron chi connectivity index (χ0n) is 9.11. The molecular formula is C11H14IN3S. The van der Waals surface area contributed by atoms with Crippen molar-refractivity contribution in [2.75, 3.05) is 6.54 Å². The number of aromatic nitrogens is 2. The number of hydrogen-bond acceptors (Lipinski definition) is 3. The van der Waals surface area contributed by atoms with Gasteiger partial charge in [-0.2, -0.15) is 5.10 Å². The molecule has 0 aromatic carbocycles. The fourth-order valence-electron chi connectivity index (χ4n) is 1.45. The van der Waals surface area contributed by atoms with Crippen LogP contribution in [0.5, 0.6) is 0 Å². The Labute approximate surface area is 113 Å². The van der Waals surface area contributed by atoms with Crippen molar-refractivity contribution >= 4 is 33.9 Å². The molecule has 0 spiro atoms. The van der Waals surface area contributed by atoms with Gasteiger partial charge in [0.15, 0.2) is 0 Å². The Morgan fingerprint density at radius 1 is 1.50 bits per heavy atom. The van der Waals surface area contributed by atoms with Crippen LogP contribution in [-0.2, 0) is 13.1 Å². The minimum absolute atomic E-state index is 0.924. The minimum atomic E-state index is 0.924. The molecular weight excluding hydrogens is 333 g/mol. The molecule has 2 heterocycles. The van der Waals surface area contributed by atoms with Gasteiger partial charge in [0.2, 0.25) is 0 Å². The summed E-state index contributed by atoms with van der Waals surface area (Å²) in [6.07, 6.45) is 3.93. The first-order chi connectivity index (χ1) is 7.74. The molecule has 2 aromatic rings. The molecule has 3 nitrogen and oxygen atoms in total. The van der Waals surface area contributed by atoms with Gasteiger partial charge in [-0.25, -0.2) is 0 Å². The maximum absolute atomic E-state index is 4.24. The molecule has 0 atom stereocenters. The maximum Gasteiger partial charge on any atom is 0.0623 e. The molecule has 2 rings (SSSR count). The van der Waals surface area contributed by atoms with E-state index in [1.54, 1.807) is 0 Å². The number of nitrogens with zero attached hydrogens (tertiary/aromatic N) is 2. The van der Waals surface area contributed by atoms with Gasteiger partial charge in [0, 0.05) is 29.0 Å². The molecule has 0 bridgehead atoms. The van der Waals surface area contributed by atoms with Crippen molar-refractivity contribution in [3.63, 3.8) is 0 Å². The summed E-state index contributed by atoms with van der Waals surface area (Å²) in [4.78, 5) is 2.77. The maximum atomic E-state index is 4.24. The topological polar surface area (TPSA) is 29.9 Å². The van der Waals surface area contributed by atoms with Gasteiger partial charge in [-0.05, 0) is 41.6 Å². The first-order valence-corrected chi connectivity index (χ1v) is 7.07. The highest BCUT2D eigenvalue weighted by Crippen LogP contribution is 2.14. The van der Waals surface area contributed by atoms with E-state index < -0.39 is 0 Å². The highest BCUT2D eigenvalue weighted by molar-refractivity contribution is 14.1. The van der Waals surface area contributed by atoms with Crippen LogP contribution in [0.25, 0.3) is 0 Å². The van der Waals surface area contributed by atoms with E-state index in [1.165, 1.54) is 13.3 Å². The summed E-state index contributed by atoms with van der Waals surface area (Å²) in [7, 11) is 0. The molecule has 16 heavy (non-hydrogen) atoms. The van der Waals surface area contributed by atoms with E-state index in [1.807, 2.05) is 22.2 Å². The lowest BCUT2D eigenvalue weighted by Crippen LogP contribution is -2.19. The lowest BCUT2D eigenvalue weighted by molar-refractivity contribution is 0.556. The van der Waals surface area contributed by atoms with E-state index in [0.717, 1.165) is 19.6 Å². The number of thiophene rings is 1. The summed E-state index contributed by atoms with van der Waals surface area (Å²) in [6.45, 7) is 4.97. The number of hydrogen-bond donors (Lipinski definition) is 1. The van der Waals surface area contributed by atoms with Crippen LogP contribution in [0.15, 0.2) is 24.5 Å². The van der Waals surface area contributed by atoms with Crippen LogP contribution in [-0.4, -0.2) is 16.3 Å². The standard InChI is InChI=1S/C11H14IN3S/c1-9-2-3-11(16-9)7-13-4-5-15-8-10(12)6-14-15/h2-3,6,8,13H,4-5,7H2,1H3. The van der Waals surface area contributed by atoms with Crippen molar-refractivity contribution in [2.45, 2.75) is 20.0 Å². The van der Waals surface area contributed by atoms with Crippen LogP contribution in [0.3, 0.4) is 0 Å². The molecule has 0 fully saturated rings. The van der Waals surface area contributed by atoms with Gasteiger partial charge in [0.1, 0.15) is 0 Å². The highest BCUT2D eigenvalue weighted by atomic mass is 127. The smallest absolute Gasteiger partial charge is 0.0623 e. The van der Waals surface area contributed by atoms with Crippen molar-refractivity contribution < 1.29 is 0 Å². The summed E-state index contributed by atoms with van der Waals surface area (Å²) >= 11 is 4.12. The van der Waals surface area contributed by atoms with E-state index in [2.05, 4.69) is 58.3 Å². The molecule has 0 saturated heterocycles. The minimum Gasteiger partial charge on any atom is -0.310 e. The lowest BCUT2D eigenvalue weighted by Gasteiger charge is -2.03.